The lowest BCUT2D eigenvalue weighted by Gasteiger charge is -2.06. The molecule has 4 nitrogen and oxygen atoms in total. The van der Waals surface area contributed by atoms with Crippen molar-refractivity contribution < 1.29 is 9.53 Å². The predicted molar refractivity (Wildman–Crippen MR) is 79.9 cm³/mol. The smallest absolute Gasteiger partial charge is 0.230 e. The van der Waals surface area contributed by atoms with Gasteiger partial charge >= 0.3 is 0 Å². The summed E-state index contributed by atoms with van der Waals surface area (Å²) in [7, 11) is 0. The van der Waals surface area contributed by atoms with Gasteiger partial charge in [0.2, 0.25) is 5.91 Å². The largest absolute Gasteiger partial charge is 0.494 e. The fraction of sp³-hybridized carbons (Fsp3) is 0.500. The molecule has 0 saturated heterocycles. The van der Waals surface area contributed by atoms with Crippen LogP contribution in [0.5, 0.6) is 5.75 Å². The summed E-state index contributed by atoms with van der Waals surface area (Å²) in [5, 5.41) is 6.03. The molecule has 0 aliphatic rings. The van der Waals surface area contributed by atoms with Crippen molar-refractivity contribution >= 4 is 17.7 Å². The molecular formula is C14H22N2O2S. The number of hydrogen-bond donors (Lipinski definition) is 2. The molecule has 0 aromatic heterocycles. The Morgan fingerprint density at radius 3 is 2.58 bits per heavy atom. The molecular weight excluding hydrogens is 260 g/mol. The minimum atomic E-state index is 0.0665. The Labute approximate surface area is 119 Å². The van der Waals surface area contributed by atoms with Crippen LogP contribution in [0.15, 0.2) is 29.2 Å². The van der Waals surface area contributed by atoms with Crippen LogP contribution in [-0.4, -0.2) is 37.9 Å². The zero-order chi connectivity index (χ0) is 13.9. The minimum Gasteiger partial charge on any atom is -0.494 e. The number of thioether (sulfide) groups is 1. The number of carbonyl (C=O) groups is 1. The average molecular weight is 282 g/mol. The van der Waals surface area contributed by atoms with Gasteiger partial charge in [-0.15, -0.1) is 11.8 Å². The lowest BCUT2D eigenvalue weighted by molar-refractivity contribution is -0.118. The highest BCUT2D eigenvalue weighted by molar-refractivity contribution is 8.00. The van der Waals surface area contributed by atoms with E-state index < -0.39 is 0 Å². The molecule has 1 rings (SSSR count). The number of hydrogen-bond acceptors (Lipinski definition) is 4. The van der Waals surface area contributed by atoms with Crippen LogP contribution in [0.2, 0.25) is 0 Å². The molecule has 0 aliphatic heterocycles. The van der Waals surface area contributed by atoms with Gasteiger partial charge in [0.15, 0.2) is 0 Å². The fourth-order valence-corrected chi connectivity index (χ4v) is 2.19. The molecule has 106 valence electrons. The summed E-state index contributed by atoms with van der Waals surface area (Å²) < 4.78 is 5.37. The van der Waals surface area contributed by atoms with Crippen molar-refractivity contribution in [1.29, 1.82) is 0 Å². The van der Waals surface area contributed by atoms with E-state index in [2.05, 4.69) is 10.6 Å². The highest BCUT2D eigenvalue weighted by Crippen LogP contribution is 2.21. The third-order valence-electron chi connectivity index (χ3n) is 2.38. The maximum Gasteiger partial charge on any atom is 0.230 e. The summed E-state index contributed by atoms with van der Waals surface area (Å²) in [6.07, 6.45) is 0. The quantitative estimate of drug-likeness (QED) is 0.536. The Morgan fingerprint density at radius 2 is 1.95 bits per heavy atom. The third kappa shape index (κ3) is 7.08. The SMILES string of the molecule is CCNCCNC(=O)CSc1ccc(OCC)cc1. The molecule has 0 heterocycles. The zero-order valence-electron chi connectivity index (χ0n) is 11.6. The van der Waals surface area contributed by atoms with Gasteiger partial charge in [-0.3, -0.25) is 4.79 Å². The van der Waals surface area contributed by atoms with Gasteiger partial charge in [0.05, 0.1) is 12.4 Å². The van der Waals surface area contributed by atoms with Gasteiger partial charge in [-0.2, -0.15) is 0 Å². The van der Waals surface area contributed by atoms with E-state index in [-0.39, 0.29) is 5.91 Å². The highest BCUT2D eigenvalue weighted by Gasteiger charge is 2.02. The first-order valence-corrected chi connectivity index (χ1v) is 7.58. The normalized spacial score (nSPS) is 10.2. The monoisotopic (exact) mass is 282 g/mol. The summed E-state index contributed by atoms with van der Waals surface area (Å²) in [5.74, 6) is 1.37. The van der Waals surface area contributed by atoms with Crippen LogP contribution in [0, 0.1) is 0 Å². The summed E-state index contributed by atoms with van der Waals surface area (Å²) in [5.41, 5.74) is 0. The second-order valence-corrected chi connectivity index (χ2v) is 4.95. The van der Waals surface area contributed by atoms with Gasteiger partial charge in [0, 0.05) is 18.0 Å². The van der Waals surface area contributed by atoms with Crippen LogP contribution in [0.25, 0.3) is 0 Å². The van der Waals surface area contributed by atoms with E-state index >= 15 is 0 Å². The number of benzene rings is 1. The lowest BCUT2D eigenvalue weighted by atomic mass is 10.3. The number of amides is 1. The number of carbonyl (C=O) groups excluding carboxylic acids is 1. The van der Waals surface area contributed by atoms with Crippen LogP contribution in [-0.2, 0) is 4.79 Å². The van der Waals surface area contributed by atoms with Crippen LogP contribution in [0.3, 0.4) is 0 Å². The second kappa shape index (κ2) is 9.69. The minimum absolute atomic E-state index is 0.0665. The second-order valence-electron chi connectivity index (χ2n) is 3.90. The Hall–Kier alpha value is -1.20. The van der Waals surface area contributed by atoms with Crippen molar-refractivity contribution in [1.82, 2.24) is 10.6 Å². The van der Waals surface area contributed by atoms with E-state index in [0.29, 0.717) is 18.9 Å². The van der Waals surface area contributed by atoms with E-state index in [1.54, 1.807) is 0 Å². The first-order valence-electron chi connectivity index (χ1n) is 6.59. The van der Waals surface area contributed by atoms with E-state index in [4.69, 9.17) is 4.74 Å². The molecule has 0 saturated carbocycles. The maximum absolute atomic E-state index is 11.6. The van der Waals surface area contributed by atoms with Gasteiger partial charge in [-0.1, -0.05) is 6.92 Å². The van der Waals surface area contributed by atoms with Crippen molar-refractivity contribution in [2.24, 2.45) is 0 Å². The van der Waals surface area contributed by atoms with Crippen LogP contribution in [0.1, 0.15) is 13.8 Å². The van der Waals surface area contributed by atoms with Crippen molar-refractivity contribution in [2.75, 3.05) is 32.0 Å². The molecule has 1 amide bonds. The number of nitrogens with one attached hydrogen (secondary N) is 2. The molecule has 19 heavy (non-hydrogen) atoms. The number of rotatable bonds is 9. The Morgan fingerprint density at radius 1 is 1.21 bits per heavy atom. The van der Waals surface area contributed by atoms with Crippen LogP contribution >= 0.6 is 11.8 Å². The van der Waals surface area contributed by atoms with Gasteiger partial charge in [0.1, 0.15) is 5.75 Å². The number of ether oxygens (including phenoxy) is 1. The first-order chi connectivity index (χ1) is 9.26. The summed E-state index contributed by atoms with van der Waals surface area (Å²) >= 11 is 1.53. The molecule has 2 N–H and O–H groups in total. The molecule has 1 aromatic carbocycles. The molecule has 1 aromatic rings. The van der Waals surface area contributed by atoms with Crippen molar-refractivity contribution in [3.8, 4) is 5.75 Å². The molecule has 0 fully saturated rings. The average Bonchev–Trinajstić information content (AvgIpc) is 2.43. The fourth-order valence-electron chi connectivity index (χ4n) is 1.47. The van der Waals surface area contributed by atoms with Crippen LogP contribution in [0.4, 0.5) is 0 Å². The molecule has 0 radical (unpaired) electrons. The predicted octanol–water partition coefficient (Wildman–Crippen LogP) is 1.90. The van der Waals surface area contributed by atoms with Crippen LogP contribution < -0.4 is 15.4 Å². The Kier molecular flexibility index (Phi) is 8.09. The third-order valence-corrected chi connectivity index (χ3v) is 3.39. The lowest BCUT2D eigenvalue weighted by Crippen LogP contribution is -2.32. The standard InChI is InChI=1S/C14H22N2O2S/c1-3-15-9-10-16-14(17)11-19-13-7-5-12(6-8-13)18-4-2/h5-8,15H,3-4,9-11H2,1-2H3,(H,16,17). The van der Waals surface area contributed by atoms with Crippen molar-refractivity contribution in [3.05, 3.63) is 24.3 Å². The zero-order valence-corrected chi connectivity index (χ0v) is 12.4. The van der Waals surface area contributed by atoms with E-state index in [1.807, 2.05) is 38.1 Å². The van der Waals surface area contributed by atoms with Crippen molar-refractivity contribution in [2.45, 2.75) is 18.7 Å². The van der Waals surface area contributed by atoms with E-state index in [1.165, 1.54) is 11.8 Å². The summed E-state index contributed by atoms with van der Waals surface area (Å²) in [4.78, 5) is 12.6. The number of likely N-dealkylation sites (N-methyl/N-ethyl adjacent to an activating group) is 1. The van der Waals surface area contributed by atoms with E-state index in [9.17, 15) is 4.79 Å². The molecule has 0 atom stereocenters. The molecule has 0 bridgehead atoms. The molecule has 0 spiro atoms. The molecule has 0 unspecified atom stereocenters. The van der Waals surface area contributed by atoms with Gasteiger partial charge in [0.25, 0.3) is 0 Å². The van der Waals surface area contributed by atoms with Gasteiger partial charge < -0.3 is 15.4 Å². The maximum atomic E-state index is 11.6. The molecule has 5 heteroatoms. The van der Waals surface area contributed by atoms with Gasteiger partial charge in [-0.05, 0) is 37.7 Å². The van der Waals surface area contributed by atoms with E-state index in [0.717, 1.165) is 23.7 Å². The topological polar surface area (TPSA) is 50.4 Å². The van der Waals surface area contributed by atoms with Gasteiger partial charge in [-0.25, -0.2) is 0 Å². The Bertz CT molecular complexity index is 368. The Balaban J connectivity index is 2.22. The molecule has 0 aliphatic carbocycles. The highest BCUT2D eigenvalue weighted by atomic mass is 32.2. The first kappa shape index (κ1) is 15.9. The summed E-state index contributed by atoms with van der Waals surface area (Å²) in [6, 6.07) is 7.80. The summed E-state index contributed by atoms with van der Waals surface area (Å²) in [6.45, 7) is 7.09. The van der Waals surface area contributed by atoms with Crippen molar-refractivity contribution in [3.63, 3.8) is 0 Å².